The molecule has 0 aliphatic heterocycles. The first-order valence-electron chi connectivity index (χ1n) is 5.35. The molecule has 0 aliphatic carbocycles. The van der Waals surface area contributed by atoms with Crippen LogP contribution in [0.1, 0.15) is 15.4 Å². The Morgan fingerprint density at radius 2 is 2.25 bits per heavy atom. The topological polar surface area (TPSA) is 51.2 Å². The number of hydrogen-bond donors (Lipinski definition) is 1. The van der Waals surface area contributed by atoms with E-state index in [1.54, 1.807) is 12.4 Å². The molecule has 20 heavy (non-hydrogen) atoms. The largest absolute Gasteiger partial charge is 0.414 e. The zero-order valence-corrected chi connectivity index (χ0v) is 11.8. The van der Waals surface area contributed by atoms with Gasteiger partial charge in [0.2, 0.25) is 0 Å². The number of halogens is 3. The van der Waals surface area contributed by atoms with Crippen LogP contribution in [0.4, 0.5) is 13.2 Å². The quantitative estimate of drug-likeness (QED) is 0.878. The molecule has 4 nitrogen and oxygen atoms in total. The van der Waals surface area contributed by atoms with Gasteiger partial charge >= 0.3 is 6.18 Å². The molecule has 0 bridgehead atoms. The summed E-state index contributed by atoms with van der Waals surface area (Å²) >= 11 is 2.60. The van der Waals surface area contributed by atoms with Crippen LogP contribution < -0.4 is 5.48 Å². The Morgan fingerprint density at radius 3 is 2.85 bits per heavy atom. The fourth-order valence-electron chi connectivity index (χ4n) is 1.35. The van der Waals surface area contributed by atoms with Crippen molar-refractivity contribution < 1.29 is 22.8 Å². The van der Waals surface area contributed by atoms with Crippen molar-refractivity contribution in [2.45, 2.75) is 13.1 Å². The number of thiophene rings is 1. The number of hydroxylamine groups is 1. The third kappa shape index (κ3) is 3.78. The summed E-state index contributed by atoms with van der Waals surface area (Å²) in [7, 11) is 0. The second-order valence-corrected chi connectivity index (χ2v) is 5.56. The van der Waals surface area contributed by atoms with Gasteiger partial charge in [-0.05, 0) is 18.4 Å². The Bertz CT molecular complexity index is 593. The van der Waals surface area contributed by atoms with Gasteiger partial charge in [-0.15, -0.1) is 11.3 Å². The molecule has 0 atom stereocenters. The lowest BCUT2D eigenvalue weighted by Gasteiger charge is -2.07. The van der Waals surface area contributed by atoms with E-state index in [1.165, 1.54) is 11.3 Å². The molecule has 2 rings (SSSR count). The number of alkyl halides is 3. The summed E-state index contributed by atoms with van der Waals surface area (Å²) in [5.41, 5.74) is 3.09. The van der Waals surface area contributed by atoms with Gasteiger partial charge < -0.3 is 0 Å². The van der Waals surface area contributed by atoms with Gasteiger partial charge in [0.15, 0.2) is 6.61 Å². The smallest absolute Gasteiger partial charge is 0.266 e. The molecule has 1 N–H and O–H groups in total. The number of amides is 1. The molecule has 0 radical (unpaired) electrons. The first kappa shape index (κ1) is 14.9. The Hall–Kier alpha value is -1.45. The average molecular weight is 322 g/mol. The first-order valence-corrected chi connectivity index (χ1v) is 7.11. The van der Waals surface area contributed by atoms with Gasteiger partial charge in [0, 0.05) is 10.9 Å². The summed E-state index contributed by atoms with van der Waals surface area (Å²) in [4.78, 5) is 20.3. The lowest BCUT2D eigenvalue weighted by Crippen LogP contribution is -2.29. The van der Waals surface area contributed by atoms with E-state index >= 15 is 0 Å². The van der Waals surface area contributed by atoms with E-state index in [-0.39, 0.29) is 4.88 Å². The fraction of sp³-hybridized carbons (Fsp3) is 0.273. The number of nitrogens with zero attached hydrogens (tertiary/aromatic N) is 1. The predicted molar refractivity (Wildman–Crippen MR) is 69.6 cm³/mol. The van der Waals surface area contributed by atoms with E-state index in [0.717, 1.165) is 16.9 Å². The van der Waals surface area contributed by atoms with Gasteiger partial charge in [-0.3, -0.25) is 9.63 Å². The molecule has 2 heterocycles. The number of hydrogen-bond acceptors (Lipinski definition) is 5. The van der Waals surface area contributed by atoms with E-state index in [1.807, 2.05) is 16.8 Å². The molecule has 0 spiro atoms. The van der Waals surface area contributed by atoms with E-state index in [2.05, 4.69) is 9.82 Å². The lowest BCUT2D eigenvalue weighted by molar-refractivity contribution is -0.184. The van der Waals surface area contributed by atoms with Crippen molar-refractivity contribution in [3.63, 3.8) is 0 Å². The Balaban J connectivity index is 2.04. The normalized spacial score (nSPS) is 11.6. The van der Waals surface area contributed by atoms with Crippen molar-refractivity contribution in [2.75, 3.05) is 6.61 Å². The van der Waals surface area contributed by atoms with Gasteiger partial charge in [-0.1, -0.05) is 0 Å². The second kappa shape index (κ2) is 5.90. The van der Waals surface area contributed by atoms with Gasteiger partial charge in [0.25, 0.3) is 5.91 Å². The van der Waals surface area contributed by atoms with Crippen molar-refractivity contribution in [2.24, 2.45) is 0 Å². The number of rotatable bonds is 4. The van der Waals surface area contributed by atoms with E-state index in [4.69, 9.17) is 0 Å². The van der Waals surface area contributed by atoms with Crippen molar-refractivity contribution in [1.29, 1.82) is 0 Å². The molecule has 0 aliphatic rings. The summed E-state index contributed by atoms with van der Waals surface area (Å²) in [6, 6.07) is 1.85. The molecule has 0 fully saturated rings. The van der Waals surface area contributed by atoms with Crippen LogP contribution in [0.25, 0.3) is 10.6 Å². The number of carbonyl (C=O) groups excluding carboxylic acids is 1. The molecular weight excluding hydrogens is 313 g/mol. The molecule has 1 amide bonds. The van der Waals surface area contributed by atoms with Crippen LogP contribution >= 0.6 is 22.7 Å². The van der Waals surface area contributed by atoms with Crippen LogP contribution in [-0.4, -0.2) is 23.7 Å². The maximum absolute atomic E-state index is 11.9. The minimum Gasteiger partial charge on any atom is -0.266 e. The monoisotopic (exact) mass is 322 g/mol. The number of aromatic nitrogens is 1. The van der Waals surface area contributed by atoms with Crippen molar-refractivity contribution in [3.8, 4) is 10.6 Å². The Labute approximate surface area is 120 Å². The van der Waals surface area contributed by atoms with E-state index < -0.39 is 18.7 Å². The minimum absolute atomic E-state index is 0.230. The summed E-state index contributed by atoms with van der Waals surface area (Å²) in [6.45, 7) is 0.0824. The number of thiazole rings is 1. The van der Waals surface area contributed by atoms with Gasteiger partial charge in [0.1, 0.15) is 9.88 Å². The highest BCUT2D eigenvalue weighted by Crippen LogP contribution is 2.29. The number of carbonyl (C=O) groups is 1. The van der Waals surface area contributed by atoms with E-state index in [9.17, 15) is 18.0 Å². The van der Waals surface area contributed by atoms with Crippen LogP contribution in [0, 0.1) is 6.92 Å². The predicted octanol–water partition coefficient (Wildman–Crippen LogP) is 3.40. The van der Waals surface area contributed by atoms with Crippen LogP contribution in [0.15, 0.2) is 16.8 Å². The third-order valence-electron chi connectivity index (χ3n) is 2.17. The second-order valence-electron chi connectivity index (χ2n) is 3.78. The van der Waals surface area contributed by atoms with Crippen molar-refractivity contribution in [1.82, 2.24) is 10.5 Å². The zero-order valence-electron chi connectivity index (χ0n) is 10.2. The van der Waals surface area contributed by atoms with Crippen LogP contribution in [-0.2, 0) is 4.84 Å². The molecule has 9 heteroatoms. The summed E-state index contributed by atoms with van der Waals surface area (Å²) in [6.07, 6.45) is -4.49. The minimum atomic E-state index is -4.49. The molecule has 0 saturated heterocycles. The standard InChI is InChI=1S/C11H9F3N2O2S2/c1-6-8(9(17)16-18-5-11(12,13)14)20-10(15-6)7-2-3-19-4-7/h2-4H,5H2,1H3,(H,16,17). The van der Waals surface area contributed by atoms with Gasteiger partial charge in [-0.2, -0.15) is 24.5 Å². The van der Waals surface area contributed by atoms with Crippen molar-refractivity contribution in [3.05, 3.63) is 27.4 Å². The van der Waals surface area contributed by atoms with E-state index in [0.29, 0.717) is 10.7 Å². The molecule has 2 aromatic rings. The molecule has 0 saturated carbocycles. The van der Waals surface area contributed by atoms with Crippen LogP contribution in [0.2, 0.25) is 0 Å². The Kier molecular flexibility index (Phi) is 4.41. The highest BCUT2D eigenvalue weighted by molar-refractivity contribution is 7.17. The zero-order chi connectivity index (χ0) is 14.8. The molecule has 0 unspecified atom stereocenters. The van der Waals surface area contributed by atoms with Crippen molar-refractivity contribution >= 4 is 28.6 Å². The highest BCUT2D eigenvalue weighted by Gasteiger charge is 2.28. The van der Waals surface area contributed by atoms with Crippen LogP contribution in [0.5, 0.6) is 0 Å². The third-order valence-corrected chi connectivity index (χ3v) is 4.06. The summed E-state index contributed by atoms with van der Waals surface area (Å²) in [5.74, 6) is -0.731. The summed E-state index contributed by atoms with van der Waals surface area (Å²) < 4.78 is 35.7. The fourth-order valence-corrected chi connectivity index (χ4v) is 3.01. The maximum atomic E-state index is 11.9. The molecule has 108 valence electrons. The number of nitrogens with one attached hydrogen (secondary N) is 1. The molecule has 0 aromatic carbocycles. The van der Waals surface area contributed by atoms with Crippen LogP contribution in [0.3, 0.4) is 0 Å². The highest BCUT2D eigenvalue weighted by atomic mass is 32.1. The lowest BCUT2D eigenvalue weighted by atomic mass is 10.3. The first-order chi connectivity index (χ1) is 9.37. The summed E-state index contributed by atoms with van der Waals surface area (Å²) in [5, 5.41) is 4.39. The van der Waals surface area contributed by atoms with Gasteiger partial charge in [0.05, 0.1) is 5.69 Å². The molecular formula is C11H9F3N2O2S2. The number of aryl methyl sites for hydroxylation is 1. The Morgan fingerprint density at radius 1 is 1.50 bits per heavy atom. The SMILES string of the molecule is Cc1nc(-c2ccsc2)sc1C(=O)NOCC(F)(F)F. The van der Waals surface area contributed by atoms with Gasteiger partial charge in [-0.25, -0.2) is 10.5 Å². The molecule has 2 aromatic heterocycles. The average Bonchev–Trinajstić information content (AvgIpc) is 2.95. The maximum Gasteiger partial charge on any atom is 0.414 e.